The fourth-order valence-electron chi connectivity index (χ4n) is 4.81. The lowest BCUT2D eigenvalue weighted by atomic mass is 9.89. The molecule has 5 rings (SSSR count). The van der Waals surface area contributed by atoms with E-state index in [1.807, 2.05) is 24.3 Å². The molecule has 4 nitrogen and oxygen atoms in total. The molecule has 164 valence electrons. The van der Waals surface area contributed by atoms with Crippen LogP contribution in [0.2, 0.25) is 0 Å². The van der Waals surface area contributed by atoms with Crippen molar-refractivity contribution in [3.8, 4) is 22.8 Å². The van der Waals surface area contributed by atoms with E-state index >= 15 is 0 Å². The zero-order valence-corrected chi connectivity index (χ0v) is 18.7. The van der Waals surface area contributed by atoms with Crippen LogP contribution in [0.4, 0.5) is 0 Å². The Morgan fingerprint density at radius 2 is 1.56 bits per heavy atom. The van der Waals surface area contributed by atoms with Gasteiger partial charge in [-0.25, -0.2) is 0 Å². The number of furan rings is 1. The summed E-state index contributed by atoms with van der Waals surface area (Å²) in [4.78, 5) is 2.54. The summed E-state index contributed by atoms with van der Waals surface area (Å²) in [5.74, 6) is 3.03. The monoisotopic (exact) mass is 427 g/mol. The maximum absolute atomic E-state index is 6.21. The van der Waals surface area contributed by atoms with Crippen LogP contribution in [0.1, 0.15) is 29.9 Å². The van der Waals surface area contributed by atoms with E-state index in [0.717, 1.165) is 53.4 Å². The van der Waals surface area contributed by atoms with E-state index < -0.39 is 0 Å². The van der Waals surface area contributed by atoms with Gasteiger partial charge in [0.1, 0.15) is 11.5 Å². The number of rotatable bonds is 6. The standard InChI is InChI=1S/C28H29NO3/c1-30-25-11-7-6-10-24(25)26-18-23-16-20(17-27(31-2)28(23)32-26)19-29-14-12-22(13-15-29)21-8-4-3-5-9-21/h3-11,16-18,22H,12-15,19H2,1-2H3. The molecule has 4 heteroatoms. The molecule has 0 atom stereocenters. The van der Waals surface area contributed by atoms with Crippen LogP contribution in [0, 0.1) is 0 Å². The minimum atomic E-state index is 0.668. The highest BCUT2D eigenvalue weighted by Gasteiger charge is 2.21. The zero-order chi connectivity index (χ0) is 21.9. The third-order valence-electron chi connectivity index (χ3n) is 6.50. The van der Waals surface area contributed by atoms with Gasteiger partial charge in [0.2, 0.25) is 0 Å². The molecule has 1 fully saturated rings. The molecule has 1 aromatic heterocycles. The molecule has 1 saturated heterocycles. The van der Waals surface area contributed by atoms with Crippen molar-refractivity contribution < 1.29 is 13.9 Å². The van der Waals surface area contributed by atoms with Crippen molar-refractivity contribution in [2.75, 3.05) is 27.3 Å². The topological polar surface area (TPSA) is 34.8 Å². The summed E-state index contributed by atoms with van der Waals surface area (Å²) >= 11 is 0. The van der Waals surface area contributed by atoms with Crippen molar-refractivity contribution in [3.63, 3.8) is 0 Å². The quantitative estimate of drug-likeness (QED) is 0.352. The van der Waals surface area contributed by atoms with Gasteiger partial charge in [0.15, 0.2) is 11.3 Å². The SMILES string of the molecule is COc1ccccc1-c1cc2cc(CN3CCC(c4ccccc4)CC3)cc(OC)c2o1. The van der Waals surface area contributed by atoms with Crippen LogP contribution >= 0.6 is 0 Å². The second kappa shape index (κ2) is 9.09. The molecule has 0 radical (unpaired) electrons. The van der Waals surface area contributed by atoms with Crippen LogP contribution in [0.5, 0.6) is 11.5 Å². The third-order valence-corrected chi connectivity index (χ3v) is 6.50. The van der Waals surface area contributed by atoms with E-state index in [0.29, 0.717) is 5.92 Å². The maximum Gasteiger partial charge on any atom is 0.176 e. The summed E-state index contributed by atoms with van der Waals surface area (Å²) in [7, 11) is 3.39. The van der Waals surface area contributed by atoms with Gasteiger partial charge in [0.25, 0.3) is 0 Å². The highest BCUT2D eigenvalue weighted by molar-refractivity contribution is 5.89. The lowest BCUT2D eigenvalue weighted by Crippen LogP contribution is -2.32. The number of hydrogen-bond donors (Lipinski definition) is 0. The molecule has 3 aromatic carbocycles. The number of fused-ring (bicyclic) bond motifs is 1. The Morgan fingerprint density at radius 3 is 2.31 bits per heavy atom. The van der Waals surface area contributed by atoms with Crippen LogP contribution in [0.25, 0.3) is 22.3 Å². The van der Waals surface area contributed by atoms with Crippen LogP contribution in [0.3, 0.4) is 0 Å². The summed E-state index contributed by atoms with van der Waals surface area (Å²) in [5.41, 5.74) is 4.44. The Morgan fingerprint density at radius 1 is 0.844 bits per heavy atom. The molecule has 1 aliphatic rings. The molecule has 0 N–H and O–H groups in total. The van der Waals surface area contributed by atoms with E-state index in [1.165, 1.54) is 24.0 Å². The van der Waals surface area contributed by atoms with Gasteiger partial charge in [-0.05, 0) is 73.3 Å². The van der Waals surface area contributed by atoms with E-state index in [9.17, 15) is 0 Å². The van der Waals surface area contributed by atoms with Crippen LogP contribution < -0.4 is 9.47 Å². The van der Waals surface area contributed by atoms with Gasteiger partial charge >= 0.3 is 0 Å². The predicted molar refractivity (Wildman–Crippen MR) is 128 cm³/mol. The van der Waals surface area contributed by atoms with Crippen molar-refractivity contribution in [3.05, 3.63) is 83.9 Å². The summed E-state index contributed by atoms with van der Waals surface area (Å²) < 4.78 is 17.4. The minimum Gasteiger partial charge on any atom is -0.496 e. The van der Waals surface area contributed by atoms with Crippen LogP contribution in [0.15, 0.2) is 77.2 Å². The normalized spacial score (nSPS) is 15.2. The Hall–Kier alpha value is -3.24. The first-order chi connectivity index (χ1) is 15.7. The highest BCUT2D eigenvalue weighted by atomic mass is 16.5. The molecule has 0 bridgehead atoms. The average Bonchev–Trinajstić information content (AvgIpc) is 3.28. The number of benzene rings is 3. The number of para-hydroxylation sites is 1. The number of piperidine rings is 1. The Labute approximate surface area is 189 Å². The largest absolute Gasteiger partial charge is 0.496 e. The fourth-order valence-corrected chi connectivity index (χ4v) is 4.81. The first-order valence-corrected chi connectivity index (χ1v) is 11.3. The highest BCUT2D eigenvalue weighted by Crippen LogP contribution is 2.38. The smallest absolute Gasteiger partial charge is 0.176 e. The molecule has 1 aliphatic heterocycles. The number of likely N-dealkylation sites (tertiary alicyclic amines) is 1. The summed E-state index contributed by atoms with van der Waals surface area (Å²) in [6, 6.07) is 25.3. The van der Waals surface area contributed by atoms with Crippen molar-refractivity contribution >= 4 is 11.0 Å². The van der Waals surface area contributed by atoms with Gasteiger partial charge in [-0.2, -0.15) is 0 Å². The molecule has 0 saturated carbocycles. The van der Waals surface area contributed by atoms with Gasteiger partial charge < -0.3 is 13.9 Å². The third kappa shape index (κ3) is 4.11. The lowest BCUT2D eigenvalue weighted by Gasteiger charge is -2.32. The summed E-state index contributed by atoms with van der Waals surface area (Å²) in [6.07, 6.45) is 2.40. The first kappa shape index (κ1) is 20.7. The molecule has 2 heterocycles. The molecule has 32 heavy (non-hydrogen) atoms. The number of ether oxygens (including phenoxy) is 2. The van der Waals surface area contributed by atoms with Gasteiger partial charge in [-0.3, -0.25) is 4.90 Å². The molecule has 0 amide bonds. The summed E-state index contributed by atoms with van der Waals surface area (Å²) in [6.45, 7) is 3.14. The molecular formula is C28H29NO3. The Bertz CT molecular complexity index is 1190. The van der Waals surface area contributed by atoms with E-state index in [1.54, 1.807) is 14.2 Å². The molecule has 0 aliphatic carbocycles. The number of hydrogen-bond acceptors (Lipinski definition) is 4. The average molecular weight is 428 g/mol. The van der Waals surface area contributed by atoms with Crippen molar-refractivity contribution in [2.24, 2.45) is 0 Å². The molecule has 4 aromatic rings. The number of methoxy groups -OCH3 is 2. The molecule has 0 unspecified atom stereocenters. The van der Waals surface area contributed by atoms with Gasteiger partial charge in [-0.15, -0.1) is 0 Å². The van der Waals surface area contributed by atoms with Crippen molar-refractivity contribution in [1.29, 1.82) is 0 Å². The predicted octanol–water partition coefficient (Wildman–Crippen LogP) is 6.50. The van der Waals surface area contributed by atoms with Gasteiger partial charge in [0.05, 0.1) is 19.8 Å². The van der Waals surface area contributed by atoms with Crippen LogP contribution in [-0.4, -0.2) is 32.2 Å². The van der Waals surface area contributed by atoms with Crippen molar-refractivity contribution in [1.82, 2.24) is 4.90 Å². The van der Waals surface area contributed by atoms with Gasteiger partial charge in [-0.1, -0.05) is 42.5 Å². The van der Waals surface area contributed by atoms with E-state index in [4.69, 9.17) is 13.9 Å². The number of nitrogens with zero attached hydrogens (tertiary/aromatic N) is 1. The summed E-state index contributed by atoms with van der Waals surface area (Å²) in [5, 5.41) is 1.06. The Kier molecular flexibility index (Phi) is 5.87. The zero-order valence-electron chi connectivity index (χ0n) is 18.7. The van der Waals surface area contributed by atoms with Crippen molar-refractivity contribution in [2.45, 2.75) is 25.3 Å². The maximum atomic E-state index is 6.21. The second-order valence-corrected chi connectivity index (χ2v) is 8.49. The lowest BCUT2D eigenvalue weighted by molar-refractivity contribution is 0.204. The fraction of sp³-hybridized carbons (Fsp3) is 0.286. The molecular weight excluding hydrogens is 398 g/mol. The second-order valence-electron chi connectivity index (χ2n) is 8.49. The van der Waals surface area contributed by atoms with E-state index in [2.05, 4.69) is 53.4 Å². The minimum absolute atomic E-state index is 0.668. The first-order valence-electron chi connectivity index (χ1n) is 11.3. The van der Waals surface area contributed by atoms with E-state index in [-0.39, 0.29) is 0 Å². The van der Waals surface area contributed by atoms with Crippen LogP contribution in [-0.2, 0) is 6.54 Å². The molecule has 0 spiro atoms. The Balaban J connectivity index is 1.36. The van der Waals surface area contributed by atoms with Gasteiger partial charge in [0, 0.05) is 11.9 Å².